The predicted molar refractivity (Wildman–Crippen MR) is 114 cm³/mol. The van der Waals surface area contributed by atoms with Crippen LogP contribution in [0.3, 0.4) is 0 Å². The zero-order valence-electron chi connectivity index (χ0n) is 15.4. The van der Waals surface area contributed by atoms with E-state index in [0.717, 1.165) is 23.9 Å². The maximum absolute atomic E-state index is 9.73. The quantitative estimate of drug-likeness (QED) is 0.453. The number of thiophene rings is 1. The molecule has 2 N–H and O–H groups in total. The van der Waals surface area contributed by atoms with E-state index in [-0.39, 0.29) is 0 Å². The molecule has 138 valence electrons. The normalized spacial score (nSPS) is 14.8. The zero-order valence-corrected chi connectivity index (χ0v) is 16.2. The third-order valence-corrected chi connectivity index (χ3v) is 6.95. The molecule has 0 amide bonds. The van der Waals surface area contributed by atoms with Crippen LogP contribution in [-0.2, 0) is 19.4 Å². The summed E-state index contributed by atoms with van der Waals surface area (Å²) < 4.78 is 1.44. The second kappa shape index (κ2) is 7.02. The second-order valence-electron chi connectivity index (χ2n) is 7.53. The summed E-state index contributed by atoms with van der Waals surface area (Å²) in [4.78, 5) is 7.48. The number of aromatic hydroxyl groups is 1. The summed E-state index contributed by atoms with van der Waals surface area (Å²) in [5.74, 6) is 0.343. The summed E-state index contributed by atoms with van der Waals surface area (Å²) in [6.45, 7) is 3.45. The van der Waals surface area contributed by atoms with Gasteiger partial charge in [-0.3, -0.25) is 4.90 Å². The van der Waals surface area contributed by atoms with Crippen molar-refractivity contribution in [3.8, 4) is 5.75 Å². The van der Waals surface area contributed by atoms with E-state index >= 15 is 0 Å². The molecule has 2 aromatic carbocycles. The molecule has 2 aromatic heterocycles. The van der Waals surface area contributed by atoms with Crippen molar-refractivity contribution in [3.63, 3.8) is 0 Å². The van der Waals surface area contributed by atoms with Crippen molar-refractivity contribution in [2.75, 3.05) is 13.1 Å². The fourth-order valence-corrected chi connectivity index (χ4v) is 5.61. The van der Waals surface area contributed by atoms with Gasteiger partial charge in [0.2, 0.25) is 0 Å². The fraction of sp³-hybridized carbons (Fsp3) is 0.304. The van der Waals surface area contributed by atoms with E-state index in [4.69, 9.17) is 0 Å². The zero-order chi connectivity index (χ0) is 18.2. The smallest absolute Gasteiger partial charge is 0.116 e. The Balaban J connectivity index is 1.18. The number of rotatable bonds is 5. The van der Waals surface area contributed by atoms with E-state index in [2.05, 4.69) is 40.3 Å². The van der Waals surface area contributed by atoms with Crippen molar-refractivity contribution in [1.29, 1.82) is 0 Å². The third kappa shape index (κ3) is 3.24. The minimum absolute atomic E-state index is 0.343. The molecule has 0 atom stereocenters. The Morgan fingerprint density at radius 1 is 1.07 bits per heavy atom. The SMILES string of the molecule is Oc1ccc2[nH]cc(CCCCN3CCc4c(sc5ccccc45)C3)c2c1. The predicted octanol–water partition coefficient (Wildman–Crippen LogP) is 5.47. The lowest BCUT2D eigenvalue weighted by molar-refractivity contribution is 0.253. The first-order chi connectivity index (χ1) is 13.3. The largest absolute Gasteiger partial charge is 0.508 e. The Labute approximate surface area is 163 Å². The summed E-state index contributed by atoms with van der Waals surface area (Å²) in [6, 6.07) is 14.4. The monoisotopic (exact) mass is 376 g/mol. The molecule has 0 fully saturated rings. The minimum Gasteiger partial charge on any atom is -0.508 e. The van der Waals surface area contributed by atoms with Gasteiger partial charge in [0.25, 0.3) is 0 Å². The van der Waals surface area contributed by atoms with Crippen LogP contribution < -0.4 is 0 Å². The van der Waals surface area contributed by atoms with Crippen molar-refractivity contribution in [2.45, 2.75) is 32.2 Å². The van der Waals surface area contributed by atoms with Gasteiger partial charge in [-0.05, 0) is 73.0 Å². The topological polar surface area (TPSA) is 39.3 Å². The van der Waals surface area contributed by atoms with Gasteiger partial charge in [0.05, 0.1) is 0 Å². The highest BCUT2D eigenvalue weighted by Crippen LogP contribution is 2.35. The van der Waals surface area contributed by atoms with Gasteiger partial charge in [0.15, 0.2) is 0 Å². The van der Waals surface area contributed by atoms with E-state index in [1.54, 1.807) is 16.5 Å². The van der Waals surface area contributed by atoms with Gasteiger partial charge in [0.1, 0.15) is 5.75 Å². The number of hydrogen-bond donors (Lipinski definition) is 2. The Morgan fingerprint density at radius 2 is 2.00 bits per heavy atom. The molecule has 1 aliphatic heterocycles. The second-order valence-corrected chi connectivity index (χ2v) is 8.66. The van der Waals surface area contributed by atoms with Gasteiger partial charge in [-0.15, -0.1) is 11.3 Å². The van der Waals surface area contributed by atoms with E-state index in [0.29, 0.717) is 5.75 Å². The number of aromatic amines is 1. The molecular formula is C23H24N2OS. The lowest BCUT2D eigenvalue weighted by Gasteiger charge is -2.26. The van der Waals surface area contributed by atoms with Gasteiger partial charge in [0, 0.05) is 39.8 Å². The van der Waals surface area contributed by atoms with Gasteiger partial charge in [-0.2, -0.15) is 0 Å². The van der Waals surface area contributed by atoms with Crippen molar-refractivity contribution < 1.29 is 5.11 Å². The Hall–Kier alpha value is -2.30. The van der Waals surface area contributed by atoms with Crippen LogP contribution >= 0.6 is 11.3 Å². The molecule has 0 saturated carbocycles. The van der Waals surface area contributed by atoms with Crippen molar-refractivity contribution >= 4 is 32.3 Å². The van der Waals surface area contributed by atoms with E-state index < -0.39 is 0 Å². The molecule has 0 aliphatic carbocycles. The number of phenolic OH excluding ortho intramolecular Hbond substituents is 1. The molecule has 0 saturated heterocycles. The maximum Gasteiger partial charge on any atom is 0.116 e. The van der Waals surface area contributed by atoms with Crippen molar-refractivity contribution in [2.24, 2.45) is 0 Å². The lowest BCUT2D eigenvalue weighted by atomic mass is 10.0. The van der Waals surface area contributed by atoms with Crippen LogP contribution in [0.1, 0.15) is 28.8 Å². The molecule has 3 nitrogen and oxygen atoms in total. The number of hydrogen-bond acceptors (Lipinski definition) is 3. The number of unbranched alkanes of at least 4 members (excludes halogenated alkanes) is 1. The van der Waals surface area contributed by atoms with Gasteiger partial charge >= 0.3 is 0 Å². The molecule has 0 bridgehead atoms. The molecule has 27 heavy (non-hydrogen) atoms. The van der Waals surface area contributed by atoms with Crippen LogP contribution in [0.2, 0.25) is 0 Å². The number of H-pyrrole nitrogens is 1. The standard InChI is InChI=1S/C23H24N2OS/c26-17-8-9-21-20(13-17)16(14-24-21)5-3-4-11-25-12-10-19-18-6-1-2-7-22(18)27-23(19)15-25/h1-2,6-9,13-14,24,26H,3-5,10-12,15H2. The average Bonchev–Trinajstić information content (AvgIpc) is 3.25. The summed E-state index contributed by atoms with van der Waals surface area (Å²) in [7, 11) is 0. The highest BCUT2D eigenvalue weighted by Gasteiger charge is 2.20. The Bertz CT molecular complexity index is 1090. The molecule has 5 rings (SSSR count). The van der Waals surface area contributed by atoms with Crippen LogP contribution in [0.5, 0.6) is 5.75 Å². The molecule has 0 spiro atoms. The van der Waals surface area contributed by atoms with E-state index in [9.17, 15) is 5.11 Å². The first-order valence-electron chi connectivity index (χ1n) is 9.78. The van der Waals surface area contributed by atoms with Crippen molar-refractivity contribution in [1.82, 2.24) is 9.88 Å². The van der Waals surface area contributed by atoms with Crippen LogP contribution in [0, 0.1) is 0 Å². The lowest BCUT2D eigenvalue weighted by Crippen LogP contribution is -2.30. The number of phenols is 1. The minimum atomic E-state index is 0.343. The summed E-state index contributed by atoms with van der Waals surface area (Å²) in [5, 5.41) is 12.4. The Kier molecular flexibility index (Phi) is 4.38. The highest BCUT2D eigenvalue weighted by atomic mass is 32.1. The summed E-state index contributed by atoms with van der Waals surface area (Å²) >= 11 is 1.97. The Morgan fingerprint density at radius 3 is 2.96 bits per heavy atom. The molecular weight excluding hydrogens is 352 g/mol. The van der Waals surface area contributed by atoms with Crippen LogP contribution in [-0.4, -0.2) is 28.1 Å². The highest BCUT2D eigenvalue weighted by molar-refractivity contribution is 7.19. The number of nitrogens with zero attached hydrogens (tertiary/aromatic N) is 1. The van der Waals surface area contributed by atoms with Gasteiger partial charge in [-0.1, -0.05) is 18.2 Å². The van der Waals surface area contributed by atoms with Crippen LogP contribution in [0.25, 0.3) is 21.0 Å². The first kappa shape index (κ1) is 16.8. The first-order valence-corrected chi connectivity index (χ1v) is 10.6. The molecule has 0 radical (unpaired) electrons. The van der Waals surface area contributed by atoms with E-state index in [1.165, 1.54) is 48.0 Å². The van der Waals surface area contributed by atoms with Gasteiger partial charge in [-0.25, -0.2) is 0 Å². The molecule has 4 heteroatoms. The van der Waals surface area contributed by atoms with Crippen molar-refractivity contribution in [3.05, 3.63) is 64.7 Å². The molecule has 1 aliphatic rings. The molecule has 0 unspecified atom stereocenters. The number of benzene rings is 2. The molecule has 3 heterocycles. The number of aryl methyl sites for hydroxylation is 1. The number of aromatic nitrogens is 1. The fourth-order valence-electron chi connectivity index (χ4n) is 4.32. The van der Waals surface area contributed by atoms with Crippen LogP contribution in [0.15, 0.2) is 48.7 Å². The van der Waals surface area contributed by atoms with Crippen LogP contribution in [0.4, 0.5) is 0 Å². The van der Waals surface area contributed by atoms with E-state index in [1.807, 2.05) is 23.5 Å². The third-order valence-electron chi connectivity index (χ3n) is 5.75. The summed E-state index contributed by atoms with van der Waals surface area (Å²) in [6.07, 6.45) is 6.73. The molecule has 4 aromatic rings. The maximum atomic E-state index is 9.73. The number of fused-ring (bicyclic) bond motifs is 4. The van der Waals surface area contributed by atoms with Gasteiger partial charge < -0.3 is 10.1 Å². The summed E-state index contributed by atoms with van der Waals surface area (Å²) in [5.41, 5.74) is 4.01. The number of nitrogens with one attached hydrogen (secondary N) is 1. The average molecular weight is 377 g/mol.